The molecule has 2 aliphatic rings. The third-order valence-corrected chi connectivity index (χ3v) is 6.72. The summed E-state index contributed by atoms with van der Waals surface area (Å²) in [6, 6.07) is 17.8. The van der Waals surface area contributed by atoms with Crippen molar-refractivity contribution < 1.29 is 4.74 Å². The first-order chi connectivity index (χ1) is 11.4. The van der Waals surface area contributed by atoms with Crippen molar-refractivity contribution in [2.75, 3.05) is 6.54 Å². The summed E-state index contributed by atoms with van der Waals surface area (Å²) in [5.74, 6) is 0. The van der Waals surface area contributed by atoms with Crippen LogP contribution < -0.4 is 0 Å². The predicted molar refractivity (Wildman–Crippen MR) is 94.8 cm³/mol. The van der Waals surface area contributed by atoms with Gasteiger partial charge in [0.2, 0.25) is 0 Å². The fourth-order valence-electron chi connectivity index (χ4n) is 3.82. The van der Waals surface area contributed by atoms with Crippen LogP contribution in [0, 0.1) is 0 Å². The zero-order valence-corrected chi connectivity index (χ0v) is 14.2. The summed E-state index contributed by atoms with van der Waals surface area (Å²) in [6.07, 6.45) is 1.32. The van der Waals surface area contributed by atoms with Crippen molar-refractivity contribution in [2.24, 2.45) is 0 Å². The number of ether oxygens (including phenoxy) is 1. The minimum Gasteiger partial charge on any atom is -0.348 e. The van der Waals surface area contributed by atoms with Gasteiger partial charge in [0.15, 0.2) is 0 Å². The lowest BCUT2D eigenvalue weighted by Gasteiger charge is -2.33. The molecule has 116 valence electrons. The molecule has 2 aromatic heterocycles. The van der Waals surface area contributed by atoms with Crippen LogP contribution in [0.3, 0.4) is 0 Å². The second-order valence-corrected chi connectivity index (χ2v) is 8.03. The molecule has 0 saturated carbocycles. The molecule has 23 heavy (non-hydrogen) atoms. The summed E-state index contributed by atoms with van der Waals surface area (Å²) >= 11 is 3.64. The van der Waals surface area contributed by atoms with Crippen LogP contribution in [0.15, 0.2) is 59.3 Å². The van der Waals surface area contributed by atoms with Crippen LogP contribution in [0.2, 0.25) is 0 Å². The van der Waals surface area contributed by atoms with E-state index in [4.69, 9.17) is 4.74 Å². The Morgan fingerprint density at radius 2 is 1.70 bits per heavy atom. The first-order valence-corrected chi connectivity index (χ1v) is 9.73. The minimum absolute atomic E-state index is 0.0825. The van der Waals surface area contributed by atoms with Crippen LogP contribution in [-0.2, 0) is 11.2 Å². The summed E-state index contributed by atoms with van der Waals surface area (Å²) in [7, 11) is 0. The van der Waals surface area contributed by atoms with E-state index >= 15 is 0 Å². The first-order valence-electron chi connectivity index (χ1n) is 7.97. The average molecular weight is 339 g/mol. The Balaban J connectivity index is 1.61. The molecule has 5 rings (SSSR count). The molecule has 0 unspecified atom stereocenters. The monoisotopic (exact) mass is 339 g/mol. The van der Waals surface area contributed by atoms with Gasteiger partial charge in [-0.3, -0.25) is 4.90 Å². The third-order valence-electron chi connectivity index (χ3n) is 4.84. The van der Waals surface area contributed by atoms with Gasteiger partial charge in [-0.2, -0.15) is 0 Å². The van der Waals surface area contributed by atoms with E-state index in [1.165, 1.54) is 20.9 Å². The molecule has 1 saturated heterocycles. The van der Waals surface area contributed by atoms with Gasteiger partial charge in [-0.25, -0.2) is 0 Å². The Labute approximate surface area is 144 Å². The van der Waals surface area contributed by atoms with Gasteiger partial charge in [-0.1, -0.05) is 36.4 Å². The Morgan fingerprint density at radius 1 is 0.913 bits per heavy atom. The molecule has 1 fully saturated rings. The van der Waals surface area contributed by atoms with Gasteiger partial charge in [-0.15, -0.1) is 22.7 Å². The van der Waals surface area contributed by atoms with Gasteiger partial charge < -0.3 is 4.74 Å². The second kappa shape index (κ2) is 5.56. The highest BCUT2D eigenvalue weighted by atomic mass is 32.1. The number of benzene rings is 1. The molecule has 0 bridgehead atoms. The molecule has 0 radical (unpaired) electrons. The van der Waals surface area contributed by atoms with E-state index in [1.807, 2.05) is 11.3 Å². The summed E-state index contributed by atoms with van der Waals surface area (Å²) in [6.45, 7) is 1.06. The Hall–Kier alpha value is -1.46. The van der Waals surface area contributed by atoms with Gasteiger partial charge >= 0.3 is 0 Å². The third kappa shape index (κ3) is 2.21. The van der Waals surface area contributed by atoms with E-state index in [9.17, 15) is 0 Å². The minimum atomic E-state index is 0.0825. The molecule has 2 aliphatic heterocycles. The van der Waals surface area contributed by atoms with Crippen molar-refractivity contribution in [3.05, 3.63) is 80.2 Å². The summed E-state index contributed by atoms with van der Waals surface area (Å²) < 4.78 is 6.62. The van der Waals surface area contributed by atoms with Crippen molar-refractivity contribution in [3.8, 4) is 0 Å². The van der Waals surface area contributed by atoms with Crippen molar-refractivity contribution in [3.63, 3.8) is 0 Å². The Kier molecular flexibility index (Phi) is 3.37. The molecule has 0 N–H and O–H groups in total. The van der Waals surface area contributed by atoms with Crippen LogP contribution in [0.1, 0.15) is 39.3 Å². The summed E-state index contributed by atoms with van der Waals surface area (Å²) in [5, 5.41) is 4.32. The number of hydrogen-bond donors (Lipinski definition) is 0. The molecular formula is C19H17NOS2. The van der Waals surface area contributed by atoms with E-state index in [-0.39, 0.29) is 12.3 Å². The standard InChI is InChI=1S/C19H17NOS2/c1-2-6-14-13(5-1)9-10-20-17(15-7-3-11-22-15)18(21-19(14)20)16-8-4-12-23-16/h1-8,11-12,17-19H,9-10H2/t17-,18-,19+/m0/s1. The lowest BCUT2D eigenvalue weighted by Crippen LogP contribution is -2.33. The second-order valence-electron chi connectivity index (χ2n) is 6.07. The summed E-state index contributed by atoms with van der Waals surface area (Å²) in [4.78, 5) is 5.29. The van der Waals surface area contributed by atoms with Crippen molar-refractivity contribution in [1.29, 1.82) is 0 Å². The molecule has 1 aromatic carbocycles. The van der Waals surface area contributed by atoms with E-state index in [0.29, 0.717) is 6.04 Å². The maximum atomic E-state index is 6.62. The fraction of sp³-hybridized carbons (Fsp3) is 0.263. The van der Waals surface area contributed by atoms with Crippen LogP contribution in [-0.4, -0.2) is 11.4 Å². The van der Waals surface area contributed by atoms with Crippen molar-refractivity contribution >= 4 is 22.7 Å². The maximum Gasteiger partial charge on any atom is 0.138 e. The first kappa shape index (κ1) is 13.9. The molecule has 3 aromatic rings. The fourth-order valence-corrected chi connectivity index (χ4v) is 5.48. The lowest BCUT2D eigenvalue weighted by atomic mass is 9.97. The van der Waals surface area contributed by atoms with Gasteiger partial charge in [0.05, 0.1) is 6.04 Å². The van der Waals surface area contributed by atoms with Gasteiger partial charge in [0.1, 0.15) is 12.3 Å². The largest absolute Gasteiger partial charge is 0.348 e. The van der Waals surface area contributed by atoms with E-state index in [0.717, 1.165) is 13.0 Å². The maximum absolute atomic E-state index is 6.62. The van der Waals surface area contributed by atoms with Gasteiger partial charge in [-0.05, 0) is 40.4 Å². The normalized spacial score (nSPS) is 26.9. The molecule has 3 atom stereocenters. The number of rotatable bonds is 2. The van der Waals surface area contributed by atoms with Crippen LogP contribution >= 0.6 is 22.7 Å². The number of nitrogens with zero attached hydrogens (tertiary/aromatic N) is 1. The number of thiophene rings is 2. The smallest absolute Gasteiger partial charge is 0.138 e. The number of hydrogen-bond acceptors (Lipinski definition) is 4. The topological polar surface area (TPSA) is 12.5 Å². The molecule has 0 spiro atoms. The SMILES string of the molecule is c1csc([C@@H]2O[C@@H]3c4ccccc4CCN3[C@H]2c2cccs2)c1. The number of fused-ring (bicyclic) bond motifs is 3. The lowest BCUT2D eigenvalue weighted by molar-refractivity contribution is -0.00675. The van der Waals surface area contributed by atoms with E-state index in [2.05, 4.69) is 64.2 Å². The molecule has 2 nitrogen and oxygen atoms in total. The molecule has 4 heteroatoms. The average Bonchev–Trinajstić information content (AvgIpc) is 3.32. The van der Waals surface area contributed by atoms with E-state index < -0.39 is 0 Å². The summed E-state index contributed by atoms with van der Waals surface area (Å²) in [5.41, 5.74) is 2.78. The van der Waals surface area contributed by atoms with Crippen molar-refractivity contribution in [1.82, 2.24) is 4.90 Å². The van der Waals surface area contributed by atoms with Crippen molar-refractivity contribution in [2.45, 2.75) is 24.8 Å². The Bertz CT molecular complexity index is 797. The highest BCUT2D eigenvalue weighted by Gasteiger charge is 2.47. The zero-order valence-electron chi connectivity index (χ0n) is 12.6. The molecule has 4 heterocycles. The van der Waals surface area contributed by atoms with E-state index in [1.54, 1.807) is 11.3 Å². The highest BCUT2D eigenvalue weighted by Crippen LogP contribution is 2.53. The predicted octanol–water partition coefficient (Wildman–Crippen LogP) is 5.18. The van der Waals surface area contributed by atoms with Crippen LogP contribution in [0.5, 0.6) is 0 Å². The van der Waals surface area contributed by atoms with Crippen LogP contribution in [0.25, 0.3) is 0 Å². The molecular weight excluding hydrogens is 322 g/mol. The van der Waals surface area contributed by atoms with Gasteiger partial charge in [0, 0.05) is 16.3 Å². The van der Waals surface area contributed by atoms with Crippen LogP contribution in [0.4, 0.5) is 0 Å². The molecule has 0 aliphatic carbocycles. The zero-order chi connectivity index (χ0) is 15.2. The highest BCUT2D eigenvalue weighted by molar-refractivity contribution is 7.10. The quantitative estimate of drug-likeness (QED) is 0.638. The van der Waals surface area contributed by atoms with Gasteiger partial charge in [0.25, 0.3) is 0 Å². The Morgan fingerprint density at radius 3 is 2.48 bits per heavy atom. The molecule has 0 amide bonds.